The number of likely N-dealkylation sites (N-methyl/N-ethyl adjacent to an activating group) is 1. The van der Waals surface area contributed by atoms with Crippen LogP contribution < -0.4 is 11.2 Å². The molecule has 2 heterocycles. The Labute approximate surface area is 204 Å². The molecule has 0 atom stereocenters. The van der Waals surface area contributed by atoms with Gasteiger partial charge in [0.05, 0.1) is 22.6 Å². The average molecular weight is 477 g/mol. The molecule has 184 valence electrons. The number of fused-ring (bicyclic) bond motifs is 1. The molecule has 0 bridgehead atoms. The number of aromatic nitrogens is 3. The molecular formula is C26H32N6O3. The standard InChI is InChI=1S/C26H32N6O3/c1-6-11-32-23-22(24(33)29-26(32)35)20(14-21(28-23)17(2)3)25(34)31(13-12-30(4)5)16-19-9-7-18(15-27)8-10-19/h7-10,14,17H,6,11-13,16H2,1-5H3,(H,29,33,35). The van der Waals surface area contributed by atoms with Gasteiger partial charge in [0.2, 0.25) is 0 Å². The number of aryl methyl sites for hydroxylation is 1. The van der Waals surface area contributed by atoms with Gasteiger partial charge in [-0.2, -0.15) is 5.26 Å². The van der Waals surface area contributed by atoms with E-state index in [1.165, 1.54) is 4.57 Å². The molecule has 3 rings (SSSR count). The third kappa shape index (κ3) is 5.84. The SMILES string of the molecule is CCCn1c(=O)[nH]c(=O)c2c(C(=O)N(CCN(C)C)Cc3ccc(C#N)cc3)cc(C(C)C)nc21. The molecule has 0 aliphatic rings. The van der Waals surface area contributed by atoms with E-state index in [9.17, 15) is 14.4 Å². The van der Waals surface area contributed by atoms with Gasteiger partial charge in [0.25, 0.3) is 11.5 Å². The highest BCUT2D eigenvalue weighted by molar-refractivity contribution is 6.05. The third-order valence-corrected chi connectivity index (χ3v) is 5.80. The second-order valence-electron chi connectivity index (χ2n) is 9.20. The summed E-state index contributed by atoms with van der Waals surface area (Å²) in [7, 11) is 3.86. The second kappa shape index (κ2) is 11.1. The van der Waals surface area contributed by atoms with Crippen molar-refractivity contribution in [2.45, 2.75) is 46.2 Å². The maximum Gasteiger partial charge on any atom is 0.329 e. The van der Waals surface area contributed by atoms with E-state index in [-0.39, 0.29) is 28.4 Å². The molecule has 0 aliphatic heterocycles. The van der Waals surface area contributed by atoms with E-state index in [0.29, 0.717) is 43.9 Å². The Balaban J connectivity index is 2.19. The molecule has 0 fully saturated rings. The molecule has 0 saturated heterocycles. The van der Waals surface area contributed by atoms with Crippen LogP contribution in [0.3, 0.4) is 0 Å². The van der Waals surface area contributed by atoms with Gasteiger partial charge in [-0.25, -0.2) is 9.78 Å². The van der Waals surface area contributed by atoms with Gasteiger partial charge in [-0.15, -0.1) is 0 Å². The number of rotatable bonds is 9. The van der Waals surface area contributed by atoms with Gasteiger partial charge < -0.3 is 9.80 Å². The fraction of sp³-hybridized carbons (Fsp3) is 0.423. The van der Waals surface area contributed by atoms with Gasteiger partial charge in [0.1, 0.15) is 0 Å². The minimum Gasteiger partial charge on any atom is -0.333 e. The first-order chi connectivity index (χ1) is 16.7. The first-order valence-electron chi connectivity index (χ1n) is 11.8. The highest BCUT2D eigenvalue weighted by Gasteiger charge is 2.24. The first kappa shape index (κ1) is 25.8. The number of hydrogen-bond donors (Lipinski definition) is 1. The number of benzene rings is 1. The number of nitrogens with zero attached hydrogens (tertiary/aromatic N) is 5. The molecule has 0 aliphatic carbocycles. The van der Waals surface area contributed by atoms with Crippen LogP contribution in [0.15, 0.2) is 39.9 Å². The van der Waals surface area contributed by atoms with E-state index >= 15 is 0 Å². The number of nitriles is 1. The summed E-state index contributed by atoms with van der Waals surface area (Å²) in [4.78, 5) is 50.1. The third-order valence-electron chi connectivity index (χ3n) is 5.80. The minimum atomic E-state index is -0.616. The monoisotopic (exact) mass is 476 g/mol. The van der Waals surface area contributed by atoms with Gasteiger partial charge in [-0.1, -0.05) is 32.9 Å². The average Bonchev–Trinajstić information content (AvgIpc) is 2.83. The second-order valence-corrected chi connectivity index (χ2v) is 9.20. The largest absolute Gasteiger partial charge is 0.333 e. The number of H-pyrrole nitrogens is 1. The highest BCUT2D eigenvalue weighted by Crippen LogP contribution is 2.22. The van der Waals surface area contributed by atoms with Gasteiger partial charge >= 0.3 is 5.69 Å². The molecule has 2 aromatic heterocycles. The predicted molar refractivity (Wildman–Crippen MR) is 135 cm³/mol. The lowest BCUT2D eigenvalue weighted by Gasteiger charge is -2.26. The van der Waals surface area contributed by atoms with Gasteiger partial charge in [0, 0.05) is 31.9 Å². The summed E-state index contributed by atoms with van der Waals surface area (Å²) in [5.41, 5.74) is 1.38. The van der Waals surface area contributed by atoms with Crippen LogP contribution in [-0.2, 0) is 13.1 Å². The lowest BCUT2D eigenvalue weighted by atomic mass is 10.0. The van der Waals surface area contributed by atoms with Crippen molar-refractivity contribution in [1.29, 1.82) is 5.26 Å². The number of aromatic amines is 1. The van der Waals surface area contributed by atoms with Crippen molar-refractivity contribution in [2.75, 3.05) is 27.2 Å². The smallest absolute Gasteiger partial charge is 0.329 e. The molecule has 1 aromatic carbocycles. The van der Waals surface area contributed by atoms with Crippen molar-refractivity contribution in [3.05, 3.63) is 73.6 Å². The lowest BCUT2D eigenvalue weighted by Crippen LogP contribution is -2.38. The Morgan fingerprint density at radius 2 is 1.86 bits per heavy atom. The van der Waals surface area contributed by atoms with Crippen LogP contribution >= 0.6 is 0 Å². The van der Waals surface area contributed by atoms with Crippen molar-refractivity contribution in [3.8, 4) is 6.07 Å². The molecule has 9 nitrogen and oxygen atoms in total. The van der Waals surface area contributed by atoms with E-state index in [2.05, 4.69) is 16.0 Å². The molecule has 0 unspecified atom stereocenters. The van der Waals surface area contributed by atoms with Crippen molar-refractivity contribution in [2.24, 2.45) is 0 Å². The fourth-order valence-electron chi connectivity index (χ4n) is 3.84. The Morgan fingerprint density at radius 1 is 1.17 bits per heavy atom. The van der Waals surface area contributed by atoms with Crippen molar-refractivity contribution in [1.82, 2.24) is 24.3 Å². The minimum absolute atomic E-state index is 0.0100. The number of amides is 1. The Hall–Kier alpha value is -3.77. The highest BCUT2D eigenvalue weighted by atomic mass is 16.2. The van der Waals surface area contributed by atoms with Crippen LogP contribution in [0.5, 0.6) is 0 Å². The number of nitrogens with one attached hydrogen (secondary N) is 1. The maximum atomic E-state index is 14.0. The van der Waals surface area contributed by atoms with Crippen molar-refractivity contribution in [3.63, 3.8) is 0 Å². The Kier molecular flexibility index (Phi) is 8.20. The van der Waals surface area contributed by atoms with Crippen molar-refractivity contribution < 1.29 is 4.79 Å². The van der Waals surface area contributed by atoms with Gasteiger partial charge in [-0.3, -0.25) is 19.1 Å². The van der Waals surface area contributed by atoms with E-state index in [1.54, 1.807) is 23.1 Å². The number of carbonyl (C=O) groups excluding carboxylic acids is 1. The molecule has 1 amide bonds. The summed E-state index contributed by atoms with van der Waals surface area (Å²) >= 11 is 0. The van der Waals surface area contributed by atoms with Crippen LogP contribution in [0.2, 0.25) is 0 Å². The van der Waals surface area contributed by atoms with Gasteiger partial charge in [0.15, 0.2) is 5.65 Å². The molecule has 9 heteroatoms. The molecule has 3 aromatic rings. The first-order valence-corrected chi connectivity index (χ1v) is 11.8. The number of pyridine rings is 1. The van der Waals surface area contributed by atoms with Gasteiger partial charge in [-0.05, 0) is 50.2 Å². The van der Waals surface area contributed by atoms with E-state index in [0.717, 1.165) is 5.56 Å². The predicted octanol–water partition coefficient (Wildman–Crippen LogP) is 2.69. The van der Waals surface area contributed by atoms with Crippen LogP contribution in [0, 0.1) is 11.3 Å². The Bertz CT molecular complexity index is 1360. The fourth-order valence-corrected chi connectivity index (χ4v) is 3.84. The summed E-state index contributed by atoms with van der Waals surface area (Å²) in [5, 5.41) is 9.21. The molecular weight excluding hydrogens is 444 g/mol. The normalized spacial score (nSPS) is 11.3. The van der Waals surface area contributed by atoms with Crippen molar-refractivity contribution >= 4 is 16.9 Å². The van der Waals surface area contributed by atoms with E-state index < -0.39 is 11.2 Å². The topological polar surface area (TPSA) is 115 Å². The molecule has 35 heavy (non-hydrogen) atoms. The summed E-state index contributed by atoms with van der Waals surface area (Å²) in [6.07, 6.45) is 0.672. The lowest BCUT2D eigenvalue weighted by molar-refractivity contribution is 0.0733. The summed E-state index contributed by atoms with van der Waals surface area (Å²) in [6, 6.07) is 10.9. The van der Waals surface area contributed by atoms with Crippen LogP contribution in [0.1, 0.15) is 60.3 Å². The van der Waals surface area contributed by atoms with Crippen LogP contribution in [0.25, 0.3) is 11.0 Å². The molecule has 0 radical (unpaired) electrons. The number of hydrogen-bond acceptors (Lipinski definition) is 6. The summed E-state index contributed by atoms with van der Waals surface area (Å²) in [6.45, 7) is 7.59. The van der Waals surface area contributed by atoms with Crippen LogP contribution in [-0.4, -0.2) is 57.4 Å². The quantitative estimate of drug-likeness (QED) is 0.508. The zero-order valence-corrected chi connectivity index (χ0v) is 21.0. The molecule has 0 saturated carbocycles. The zero-order chi connectivity index (χ0) is 25.7. The van der Waals surface area contributed by atoms with E-state index in [1.807, 2.05) is 51.9 Å². The molecule has 1 N–H and O–H groups in total. The number of carbonyl (C=O) groups is 1. The maximum absolute atomic E-state index is 14.0. The summed E-state index contributed by atoms with van der Waals surface area (Å²) in [5.74, 6) is -0.318. The zero-order valence-electron chi connectivity index (χ0n) is 21.0. The summed E-state index contributed by atoms with van der Waals surface area (Å²) < 4.78 is 1.43. The Morgan fingerprint density at radius 3 is 2.43 bits per heavy atom. The van der Waals surface area contributed by atoms with Crippen LogP contribution in [0.4, 0.5) is 0 Å². The van der Waals surface area contributed by atoms with E-state index in [4.69, 9.17) is 5.26 Å². The molecule has 0 spiro atoms.